The number of carbonyl (C=O) groups excluding carboxylic acids is 1. The number of nitrogens with zero attached hydrogens (tertiary/aromatic N) is 2. The minimum atomic E-state index is -1.53. The molecule has 1 atom stereocenters. The predicted octanol–water partition coefficient (Wildman–Crippen LogP) is 0.395. The second kappa shape index (κ2) is 7.43. The number of carboxylic acids is 1. The molecule has 0 aliphatic carbocycles. The van der Waals surface area contributed by atoms with Crippen LogP contribution in [0.4, 0.5) is 5.13 Å². The Balaban J connectivity index is 1.83. The molecule has 0 fully saturated rings. The normalized spacial score (nSPS) is 16.4. The number of nitrogens with two attached hydrogens (primary N) is 1. The first-order valence-corrected chi connectivity index (χ1v) is 8.70. The summed E-state index contributed by atoms with van der Waals surface area (Å²) in [6, 6.07) is 2.69. The highest BCUT2D eigenvalue weighted by Crippen LogP contribution is 2.33. The van der Waals surface area contributed by atoms with Crippen molar-refractivity contribution in [2.75, 3.05) is 5.73 Å². The topological polar surface area (TPSA) is 167 Å². The molecule has 6 N–H and O–H groups in total. The van der Waals surface area contributed by atoms with Crippen LogP contribution >= 0.6 is 22.9 Å². The molecule has 2 heterocycles. The molecule has 1 amide bonds. The van der Waals surface area contributed by atoms with Crippen LogP contribution in [0, 0.1) is 0 Å². The number of amides is 1. The molecule has 0 unspecified atom stereocenters. The maximum Gasteiger partial charge on any atom is 0.547 e. The van der Waals surface area contributed by atoms with Crippen molar-refractivity contribution in [3.05, 3.63) is 39.4 Å². The van der Waals surface area contributed by atoms with Gasteiger partial charge in [0.15, 0.2) is 10.8 Å². The van der Waals surface area contributed by atoms with Gasteiger partial charge in [-0.25, -0.2) is 9.78 Å². The van der Waals surface area contributed by atoms with Crippen molar-refractivity contribution in [2.45, 2.75) is 12.4 Å². The van der Waals surface area contributed by atoms with Crippen LogP contribution in [-0.4, -0.2) is 51.0 Å². The molecule has 27 heavy (non-hydrogen) atoms. The predicted molar refractivity (Wildman–Crippen MR) is 97.5 cm³/mol. The average molecular weight is 411 g/mol. The van der Waals surface area contributed by atoms with Crippen LogP contribution in [0.1, 0.15) is 21.6 Å². The number of nitrogen functional groups attached to an aromatic ring is 1. The van der Waals surface area contributed by atoms with E-state index in [-0.39, 0.29) is 33.6 Å². The quantitative estimate of drug-likeness (QED) is 0.209. The molecule has 1 aromatic carbocycles. The van der Waals surface area contributed by atoms with E-state index in [2.05, 4.69) is 15.5 Å². The van der Waals surface area contributed by atoms with Crippen LogP contribution in [0.3, 0.4) is 0 Å². The van der Waals surface area contributed by atoms with Gasteiger partial charge >= 0.3 is 13.1 Å². The van der Waals surface area contributed by atoms with Crippen LogP contribution in [-0.2, 0) is 11.2 Å². The largest absolute Gasteiger partial charge is 0.547 e. The summed E-state index contributed by atoms with van der Waals surface area (Å²) in [5.74, 6) is -3.05. The first kappa shape index (κ1) is 19.0. The highest BCUT2D eigenvalue weighted by atomic mass is 35.5. The van der Waals surface area contributed by atoms with E-state index in [4.69, 9.17) is 27.2 Å². The molecule has 0 saturated heterocycles. The van der Waals surface area contributed by atoms with E-state index in [1.165, 1.54) is 17.5 Å². The van der Waals surface area contributed by atoms with E-state index >= 15 is 0 Å². The molecule has 0 saturated carbocycles. The van der Waals surface area contributed by atoms with Crippen LogP contribution in [0.25, 0.3) is 0 Å². The monoisotopic (exact) mass is 410 g/mol. The van der Waals surface area contributed by atoms with Gasteiger partial charge in [0.05, 0.1) is 5.94 Å². The Morgan fingerprint density at radius 3 is 2.81 bits per heavy atom. The number of aromatic carboxylic acids is 1. The van der Waals surface area contributed by atoms with Crippen molar-refractivity contribution < 1.29 is 29.6 Å². The molecule has 0 bridgehead atoms. The van der Waals surface area contributed by atoms with Gasteiger partial charge in [0.25, 0.3) is 5.91 Å². The van der Waals surface area contributed by atoms with Crippen molar-refractivity contribution in [2.24, 2.45) is 5.16 Å². The molecular formula is C14H12BClN4O6S. The molecule has 0 spiro atoms. The Hall–Kier alpha value is -2.83. The Morgan fingerprint density at radius 1 is 1.48 bits per heavy atom. The second-order valence-corrected chi connectivity index (χ2v) is 6.88. The fraction of sp³-hybridized carbons (Fsp3) is 0.143. The lowest BCUT2D eigenvalue weighted by Gasteiger charge is -2.29. The first-order valence-electron chi connectivity index (χ1n) is 7.45. The highest BCUT2D eigenvalue weighted by molar-refractivity contribution is 7.13. The van der Waals surface area contributed by atoms with Crippen molar-refractivity contribution in [3.8, 4) is 5.75 Å². The maximum atomic E-state index is 12.4. The number of carbonyl (C=O) groups is 2. The van der Waals surface area contributed by atoms with E-state index in [9.17, 15) is 19.7 Å². The molecule has 0 radical (unpaired) electrons. The lowest BCUT2D eigenvalue weighted by Crippen LogP contribution is -2.54. The van der Waals surface area contributed by atoms with Crippen molar-refractivity contribution >= 4 is 52.8 Å². The van der Waals surface area contributed by atoms with Gasteiger partial charge in [-0.15, -0.1) is 11.3 Å². The molecule has 10 nitrogen and oxygen atoms in total. The van der Waals surface area contributed by atoms with Gasteiger partial charge in [0.1, 0.15) is 17.0 Å². The summed E-state index contributed by atoms with van der Waals surface area (Å²) >= 11 is 6.99. The molecule has 1 aromatic heterocycles. The van der Waals surface area contributed by atoms with E-state index in [1.54, 1.807) is 0 Å². The molecule has 2 aromatic rings. The molecule has 1 aliphatic rings. The lowest BCUT2D eigenvalue weighted by molar-refractivity contribution is -0.115. The summed E-state index contributed by atoms with van der Waals surface area (Å²) < 4.78 is 5.28. The van der Waals surface area contributed by atoms with Gasteiger partial charge in [-0.3, -0.25) is 4.79 Å². The zero-order chi connectivity index (χ0) is 19.7. The Labute approximate surface area is 161 Å². The van der Waals surface area contributed by atoms with Gasteiger partial charge in [-0.1, -0.05) is 16.8 Å². The van der Waals surface area contributed by atoms with Crippen LogP contribution < -0.4 is 15.7 Å². The number of benzene rings is 1. The number of hydrogen-bond acceptors (Lipinski definition) is 9. The summed E-state index contributed by atoms with van der Waals surface area (Å²) in [6.07, 6.45) is 0.0427. The van der Waals surface area contributed by atoms with Crippen LogP contribution in [0.15, 0.2) is 22.7 Å². The van der Waals surface area contributed by atoms with Crippen molar-refractivity contribution in [1.29, 1.82) is 0 Å². The van der Waals surface area contributed by atoms with Crippen LogP contribution in [0.5, 0.6) is 5.75 Å². The third kappa shape index (κ3) is 3.82. The van der Waals surface area contributed by atoms with Gasteiger partial charge < -0.3 is 31.0 Å². The molecular weight excluding hydrogens is 399 g/mol. The summed E-state index contributed by atoms with van der Waals surface area (Å²) in [4.78, 5) is 27.6. The maximum absolute atomic E-state index is 12.4. The van der Waals surface area contributed by atoms with Gasteiger partial charge in [-0.2, -0.15) is 0 Å². The van der Waals surface area contributed by atoms with E-state index in [0.29, 0.717) is 5.56 Å². The number of carboxylic acid groups (broad SMARTS) is 1. The number of rotatable bonds is 4. The number of thiazole rings is 1. The van der Waals surface area contributed by atoms with E-state index < -0.39 is 30.6 Å². The molecule has 3 rings (SSSR count). The molecule has 13 heteroatoms. The standard InChI is InChI=1S/C14H12BClN4O6S/c16-6-1-5-2-9(15(24)26-11(5)7(3-6)13(22)23)19-12(21)10(20-25)8-4-27-14(17)18-8/h1,3-4,9,24-25H,2H2,(H2,17,18)(H,19,21)(H,22,23)/b20-10-/t9-/m0/s1. The number of hydrogen-bond donors (Lipinski definition) is 5. The highest BCUT2D eigenvalue weighted by Gasteiger charge is 2.39. The number of halogens is 1. The van der Waals surface area contributed by atoms with Gasteiger partial charge in [0, 0.05) is 10.4 Å². The second-order valence-electron chi connectivity index (χ2n) is 5.56. The van der Waals surface area contributed by atoms with E-state index in [1.807, 2.05) is 0 Å². The summed E-state index contributed by atoms with van der Waals surface area (Å²) in [5, 5.41) is 35.7. The van der Waals surface area contributed by atoms with Crippen LogP contribution in [0.2, 0.25) is 5.02 Å². The number of oxime groups is 1. The van der Waals surface area contributed by atoms with Crippen molar-refractivity contribution in [1.82, 2.24) is 10.3 Å². The zero-order valence-corrected chi connectivity index (χ0v) is 15.0. The molecule has 1 aliphatic heterocycles. The Kier molecular flexibility index (Phi) is 5.21. The fourth-order valence-corrected chi connectivity index (χ4v) is 3.40. The van der Waals surface area contributed by atoms with E-state index in [0.717, 1.165) is 11.3 Å². The minimum Gasteiger partial charge on any atom is -0.534 e. The van der Waals surface area contributed by atoms with Gasteiger partial charge in [0.2, 0.25) is 0 Å². The number of aromatic nitrogens is 1. The summed E-state index contributed by atoms with van der Waals surface area (Å²) in [7, 11) is -1.53. The fourth-order valence-electron chi connectivity index (χ4n) is 2.61. The Morgan fingerprint density at radius 2 is 2.22 bits per heavy atom. The molecule has 140 valence electrons. The number of fused-ring (bicyclic) bond motifs is 1. The Bertz CT molecular complexity index is 952. The SMILES string of the molecule is Nc1nc(/C(=N/O)C(=O)N[C@H]2Cc3cc(Cl)cc(C(=O)O)c3OB2O)cs1. The number of anilines is 1. The summed E-state index contributed by atoms with van der Waals surface area (Å²) in [6.45, 7) is 0. The summed E-state index contributed by atoms with van der Waals surface area (Å²) in [5.41, 5.74) is 5.38. The zero-order valence-electron chi connectivity index (χ0n) is 13.4. The van der Waals surface area contributed by atoms with Crippen molar-refractivity contribution in [3.63, 3.8) is 0 Å². The lowest BCUT2D eigenvalue weighted by atomic mass is 9.72. The first-order chi connectivity index (χ1) is 12.8. The minimum absolute atomic E-state index is 0.0202. The number of nitrogens with one attached hydrogen (secondary N) is 1. The average Bonchev–Trinajstić information content (AvgIpc) is 3.02. The smallest absolute Gasteiger partial charge is 0.534 e. The third-order valence-electron chi connectivity index (χ3n) is 3.78. The third-order valence-corrected chi connectivity index (χ3v) is 4.67. The van der Waals surface area contributed by atoms with Gasteiger partial charge in [-0.05, 0) is 24.1 Å².